The molecule has 2 aromatic heterocycles. The van der Waals surface area contributed by atoms with Gasteiger partial charge in [-0.05, 0) is 105 Å². The molecule has 0 spiro atoms. The molecule has 1 atom stereocenters. The molecule has 1 aliphatic carbocycles. The van der Waals surface area contributed by atoms with Gasteiger partial charge in [0.15, 0.2) is 0 Å². The maximum Gasteiger partial charge on any atom is 0.0755 e. The van der Waals surface area contributed by atoms with Gasteiger partial charge < -0.3 is 4.57 Å². The van der Waals surface area contributed by atoms with E-state index in [1.807, 2.05) is 0 Å². The van der Waals surface area contributed by atoms with E-state index >= 15 is 0 Å². The van der Waals surface area contributed by atoms with Crippen molar-refractivity contribution in [2.24, 2.45) is 5.92 Å². The van der Waals surface area contributed by atoms with Gasteiger partial charge in [0.05, 0.1) is 16.7 Å². The molecule has 0 aliphatic heterocycles. The van der Waals surface area contributed by atoms with Crippen LogP contribution in [0.15, 0.2) is 91.0 Å². The van der Waals surface area contributed by atoms with Gasteiger partial charge >= 0.3 is 0 Å². The van der Waals surface area contributed by atoms with E-state index in [0.29, 0.717) is 5.92 Å². The highest BCUT2D eigenvalue weighted by atomic mass is 15.0. The quantitative estimate of drug-likeness (QED) is 0.182. The summed E-state index contributed by atoms with van der Waals surface area (Å²) in [5.74, 6) is 0.427. The molecule has 2 heteroatoms. The Morgan fingerprint density at radius 2 is 1.35 bits per heavy atom. The van der Waals surface area contributed by atoms with Crippen molar-refractivity contribution in [2.45, 2.75) is 66.2 Å². The minimum absolute atomic E-state index is 0.0248. The van der Waals surface area contributed by atoms with Crippen LogP contribution in [0.1, 0.15) is 69.5 Å². The standard InChI is InChI=1S/C44H40N2/c1-24(2)44(8)34-17-18-37(43(5,6)7)45-41(34)40-31-15-13-27-22-33-30-11-9-10-12-36(30)46(29-20-25(3)19-26(4)21-29)42(33)32-16-14-28(23-35(40)44)38(31)39(27)32/h9-24H,1-8H3. The zero-order valence-corrected chi connectivity index (χ0v) is 28.1. The Labute approximate surface area is 271 Å². The van der Waals surface area contributed by atoms with Crippen molar-refractivity contribution in [1.29, 1.82) is 0 Å². The van der Waals surface area contributed by atoms with Gasteiger partial charge in [-0.2, -0.15) is 0 Å². The molecule has 0 radical (unpaired) electrons. The summed E-state index contributed by atoms with van der Waals surface area (Å²) in [6, 6.07) is 34.9. The van der Waals surface area contributed by atoms with Gasteiger partial charge in [-0.3, -0.25) is 4.98 Å². The molecule has 2 nitrogen and oxygen atoms in total. The predicted octanol–water partition coefficient (Wildman–Crippen LogP) is 11.9. The SMILES string of the molecule is Cc1cc(C)cc(-n2c3ccccc3c3cc4ccc5c6c(cc7ccc(c4c75)c32)C(C)(C(C)C)c2ccc(C(C)(C)C)nc2-6)c1. The van der Waals surface area contributed by atoms with Gasteiger partial charge in [-0.1, -0.05) is 96.1 Å². The van der Waals surface area contributed by atoms with E-state index in [1.54, 1.807) is 0 Å². The number of hydrogen-bond donors (Lipinski definition) is 0. The van der Waals surface area contributed by atoms with Crippen molar-refractivity contribution < 1.29 is 0 Å². The molecule has 6 aromatic carbocycles. The first-order chi connectivity index (χ1) is 22.0. The summed E-state index contributed by atoms with van der Waals surface area (Å²) < 4.78 is 2.50. The Morgan fingerprint density at radius 1 is 0.674 bits per heavy atom. The van der Waals surface area contributed by atoms with Gasteiger partial charge in [0.2, 0.25) is 0 Å². The van der Waals surface area contributed by atoms with E-state index < -0.39 is 0 Å². The van der Waals surface area contributed by atoms with Crippen molar-refractivity contribution in [1.82, 2.24) is 9.55 Å². The largest absolute Gasteiger partial charge is 0.309 e. The number of nitrogens with zero attached hydrogens (tertiary/aromatic N) is 2. The lowest BCUT2D eigenvalue weighted by Gasteiger charge is -2.32. The van der Waals surface area contributed by atoms with E-state index in [9.17, 15) is 0 Å². The fourth-order valence-corrected chi connectivity index (χ4v) is 8.67. The van der Waals surface area contributed by atoms with E-state index in [4.69, 9.17) is 4.98 Å². The average molecular weight is 597 g/mol. The highest BCUT2D eigenvalue weighted by molar-refractivity contribution is 6.33. The molecule has 1 aliphatic rings. The number of pyridine rings is 1. The second-order valence-electron chi connectivity index (χ2n) is 15.4. The van der Waals surface area contributed by atoms with Crippen LogP contribution >= 0.6 is 0 Å². The lowest BCUT2D eigenvalue weighted by atomic mass is 9.71. The van der Waals surface area contributed by atoms with E-state index in [0.717, 1.165) is 5.69 Å². The molecule has 2 heterocycles. The number of hydrogen-bond acceptors (Lipinski definition) is 1. The predicted molar refractivity (Wildman–Crippen MR) is 197 cm³/mol. The normalized spacial score (nSPS) is 16.5. The van der Waals surface area contributed by atoms with Crippen LogP contribution in [0, 0.1) is 19.8 Å². The Morgan fingerprint density at radius 3 is 2.07 bits per heavy atom. The number of para-hydroxylation sites is 1. The van der Waals surface area contributed by atoms with Crippen LogP contribution in [0.5, 0.6) is 0 Å². The van der Waals surface area contributed by atoms with Crippen LogP contribution in [0.4, 0.5) is 0 Å². The third kappa shape index (κ3) is 3.45. The molecule has 0 saturated carbocycles. The van der Waals surface area contributed by atoms with E-state index in [2.05, 4.69) is 151 Å². The maximum absolute atomic E-state index is 5.47. The van der Waals surface area contributed by atoms with Crippen LogP contribution in [0.3, 0.4) is 0 Å². The molecule has 0 amide bonds. The van der Waals surface area contributed by atoms with Crippen molar-refractivity contribution in [3.8, 4) is 16.9 Å². The lowest BCUT2D eigenvalue weighted by Crippen LogP contribution is -2.28. The summed E-state index contributed by atoms with van der Waals surface area (Å²) in [7, 11) is 0. The van der Waals surface area contributed by atoms with E-state index in [1.165, 1.54) is 93.3 Å². The number of fused-ring (bicyclic) bond motifs is 8. The summed E-state index contributed by atoms with van der Waals surface area (Å²) in [5.41, 5.74) is 12.6. The number of rotatable bonds is 2. The van der Waals surface area contributed by atoms with Crippen LogP contribution in [-0.2, 0) is 10.8 Å². The van der Waals surface area contributed by atoms with Gasteiger partial charge in [-0.15, -0.1) is 0 Å². The first-order valence-electron chi connectivity index (χ1n) is 16.8. The summed E-state index contributed by atoms with van der Waals surface area (Å²) in [4.78, 5) is 5.47. The van der Waals surface area contributed by atoms with Crippen LogP contribution < -0.4 is 0 Å². The minimum atomic E-state index is -0.110. The fourth-order valence-electron chi connectivity index (χ4n) is 8.67. The summed E-state index contributed by atoms with van der Waals surface area (Å²) in [6.07, 6.45) is 0. The summed E-state index contributed by atoms with van der Waals surface area (Å²) in [6.45, 7) is 18.4. The molecule has 1 unspecified atom stereocenters. The molecule has 46 heavy (non-hydrogen) atoms. The Balaban J connectivity index is 1.46. The van der Waals surface area contributed by atoms with Crippen LogP contribution in [0.2, 0.25) is 0 Å². The smallest absolute Gasteiger partial charge is 0.0755 e. The molecular weight excluding hydrogens is 556 g/mol. The molecule has 0 bridgehead atoms. The third-order valence-electron chi connectivity index (χ3n) is 11.2. The van der Waals surface area contributed by atoms with Gasteiger partial charge in [-0.25, -0.2) is 0 Å². The van der Waals surface area contributed by atoms with Crippen LogP contribution in [0.25, 0.3) is 71.1 Å². The molecule has 0 N–H and O–H groups in total. The van der Waals surface area contributed by atoms with Crippen LogP contribution in [-0.4, -0.2) is 9.55 Å². The molecule has 8 aromatic rings. The Hall–Kier alpha value is -4.69. The maximum atomic E-state index is 5.47. The molecule has 0 saturated heterocycles. The van der Waals surface area contributed by atoms with Gasteiger partial charge in [0, 0.05) is 43.9 Å². The highest BCUT2D eigenvalue weighted by Crippen LogP contribution is 2.56. The number of aromatic nitrogens is 2. The Kier molecular flexibility index (Phi) is 5.39. The van der Waals surface area contributed by atoms with Gasteiger partial charge in [0.1, 0.15) is 0 Å². The molecule has 9 rings (SSSR count). The number of benzene rings is 6. The first kappa shape index (κ1) is 27.6. The second-order valence-corrected chi connectivity index (χ2v) is 15.4. The highest BCUT2D eigenvalue weighted by Gasteiger charge is 2.44. The third-order valence-corrected chi connectivity index (χ3v) is 11.2. The molecule has 226 valence electrons. The number of aryl methyl sites for hydroxylation is 2. The second kappa shape index (κ2) is 8.97. The monoisotopic (exact) mass is 596 g/mol. The fraction of sp³-hybridized carbons (Fsp3) is 0.250. The summed E-state index contributed by atoms with van der Waals surface area (Å²) in [5, 5.41) is 10.6. The lowest BCUT2D eigenvalue weighted by molar-refractivity contribution is 0.414. The summed E-state index contributed by atoms with van der Waals surface area (Å²) >= 11 is 0. The zero-order chi connectivity index (χ0) is 31.9. The Bertz CT molecular complexity index is 2550. The minimum Gasteiger partial charge on any atom is -0.309 e. The topological polar surface area (TPSA) is 17.8 Å². The van der Waals surface area contributed by atoms with Crippen molar-refractivity contribution in [3.63, 3.8) is 0 Å². The van der Waals surface area contributed by atoms with Gasteiger partial charge in [0.25, 0.3) is 0 Å². The van der Waals surface area contributed by atoms with Crippen molar-refractivity contribution >= 4 is 54.1 Å². The van der Waals surface area contributed by atoms with E-state index in [-0.39, 0.29) is 10.8 Å². The average Bonchev–Trinajstić information content (AvgIpc) is 3.48. The van der Waals surface area contributed by atoms with Crippen molar-refractivity contribution in [3.05, 3.63) is 119 Å². The first-order valence-corrected chi connectivity index (χ1v) is 16.8. The zero-order valence-electron chi connectivity index (χ0n) is 28.1. The van der Waals surface area contributed by atoms with Crippen molar-refractivity contribution in [2.75, 3.05) is 0 Å². The molecule has 0 fully saturated rings. The molecular formula is C44H40N2.